The Hall–Kier alpha value is -4.25. The predicted molar refractivity (Wildman–Crippen MR) is 144 cm³/mol. The van der Waals surface area contributed by atoms with Crippen LogP contribution in [0, 0.1) is 0 Å². The molecule has 39 heavy (non-hydrogen) atoms. The SMILES string of the molecule is COC(=O)c1sc(NC(=O)[C@@H]2CCCN2C(=O)OCc2ccccc2)nc1-c1ccc(C(=O)NC2CC2)cc1. The van der Waals surface area contributed by atoms with Gasteiger partial charge in [-0.05, 0) is 43.4 Å². The molecule has 2 aliphatic rings. The first-order valence-electron chi connectivity index (χ1n) is 12.7. The zero-order chi connectivity index (χ0) is 27.4. The van der Waals surface area contributed by atoms with Crippen molar-refractivity contribution in [2.75, 3.05) is 19.0 Å². The largest absolute Gasteiger partial charge is 0.465 e. The Labute approximate surface area is 229 Å². The van der Waals surface area contributed by atoms with Crippen molar-refractivity contribution in [2.45, 2.75) is 44.4 Å². The lowest BCUT2D eigenvalue weighted by atomic mass is 10.1. The number of amides is 3. The monoisotopic (exact) mass is 548 g/mol. The van der Waals surface area contributed by atoms with Crippen LogP contribution in [0.25, 0.3) is 11.3 Å². The van der Waals surface area contributed by atoms with Crippen LogP contribution in [0.3, 0.4) is 0 Å². The molecule has 1 saturated carbocycles. The molecular weight excluding hydrogens is 520 g/mol. The van der Waals surface area contributed by atoms with Gasteiger partial charge in [0.05, 0.1) is 12.8 Å². The Kier molecular flexibility index (Phi) is 7.87. The smallest absolute Gasteiger partial charge is 0.410 e. The standard InChI is InChI=1S/C28H28N4O6S/c1-37-26(35)23-22(18-9-11-19(12-10-18)24(33)29-20-13-14-20)30-27(39-23)31-25(34)21-8-5-15-32(21)28(36)38-16-17-6-3-2-4-7-17/h2-4,6-7,9-12,20-21H,5,8,13-16H2,1H3,(H,29,33)(H,30,31,34)/t21-/m0/s1. The zero-order valence-electron chi connectivity index (χ0n) is 21.3. The van der Waals surface area contributed by atoms with Crippen molar-refractivity contribution >= 4 is 40.3 Å². The molecule has 2 N–H and O–H groups in total. The van der Waals surface area contributed by atoms with Crippen molar-refractivity contribution in [1.29, 1.82) is 0 Å². The van der Waals surface area contributed by atoms with E-state index in [0.29, 0.717) is 36.2 Å². The van der Waals surface area contributed by atoms with Gasteiger partial charge in [-0.2, -0.15) is 0 Å². The van der Waals surface area contributed by atoms with Crippen LogP contribution in [0.1, 0.15) is 51.3 Å². The van der Waals surface area contributed by atoms with Crippen molar-refractivity contribution in [2.24, 2.45) is 0 Å². The van der Waals surface area contributed by atoms with Gasteiger partial charge in [0.1, 0.15) is 17.5 Å². The molecule has 1 aliphatic carbocycles. The van der Waals surface area contributed by atoms with Crippen LogP contribution in [0.15, 0.2) is 54.6 Å². The van der Waals surface area contributed by atoms with E-state index < -0.39 is 24.0 Å². The van der Waals surface area contributed by atoms with Gasteiger partial charge in [-0.1, -0.05) is 53.8 Å². The van der Waals surface area contributed by atoms with E-state index in [0.717, 1.165) is 29.7 Å². The van der Waals surface area contributed by atoms with Crippen molar-refractivity contribution in [3.63, 3.8) is 0 Å². The fourth-order valence-corrected chi connectivity index (χ4v) is 5.23. The normalized spacial score (nSPS) is 16.4. The molecule has 0 unspecified atom stereocenters. The Bertz CT molecular complexity index is 1370. The number of nitrogens with one attached hydrogen (secondary N) is 2. The molecule has 10 nitrogen and oxygen atoms in total. The molecule has 2 aromatic carbocycles. The maximum Gasteiger partial charge on any atom is 0.410 e. The molecule has 0 bridgehead atoms. The number of aromatic nitrogens is 1. The van der Waals surface area contributed by atoms with E-state index in [1.54, 1.807) is 24.3 Å². The highest BCUT2D eigenvalue weighted by molar-refractivity contribution is 7.18. The second-order valence-electron chi connectivity index (χ2n) is 9.39. The van der Waals surface area contributed by atoms with Crippen LogP contribution in [0.4, 0.5) is 9.93 Å². The molecule has 202 valence electrons. The van der Waals surface area contributed by atoms with E-state index in [9.17, 15) is 19.2 Å². The topological polar surface area (TPSA) is 127 Å². The highest BCUT2D eigenvalue weighted by Gasteiger charge is 2.36. The summed E-state index contributed by atoms with van der Waals surface area (Å²) < 4.78 is 10.4. The lowest BCUT2D eigenvalue weighted by Gasteiger charge is -2.22. The van der Waals surface area contributed by atoms with E-state index in [-0.39, 0.29) is 28.6 Å². The van der Waals surface area contributed by atoms with Crippen molar-refractivity contribution < 1.29 is 28.7 Å². The van der Waals surface area contributed by atoms with E-state index in [2.05, 4.69) is 15.6 Å². The molecule has 1 atom stereocenters. The first-order chi connectivity index (χ1) is 18.9. The Balaban J connectivity index is 1.28. The average Bonchev–Trinajstić information content (AvgIpc) is 3.45. The number of hydrogen-bond acceptors (Lipinski definition) is 8. The van der Waals surface area contributed by atoms with Crippen LogP contribution >= 0.6 is 11.3 Å². The lowest BCUT2D eigenvalue weighted by molar-refractivity contribution is -0.120. The number of anilines is 1. The first kappa shape index (κ1) is 26.4. The summed E-state index contributed by atoms with van der Waals surface area (Å²) in [7, 11) is 1.27. The number of carbonyl (C=O) groups excluding carboxylic acids is 4. The fourth-order valence-electron chi connectivity index (χ4n) is 4.32. The molecule has 2 heterocycles. The molecule has 3 amide bonds. The summed E-state index contributed by atoms with van der Waals surface area (Å²) in [4.78, 5) is 56.8. The molecule has 2 fully saturated rings. The Morgan fingerprint density at radius 2 is 1.77 bits per heavy atom. The molecule has 0 radical (unpaired) electrons. The zero-order valence-corrected chi connectivity index (χ0v) is 22.2. The van der Waals surface area contributed by atoms with Crippen molar-refractivity contribution in [3.05, 3.63) is 70.6 Å². The van der Waals surface area contributed by atoms with Crippen molar-refractivity contribution in [3.8, 4) is 11.3 Å². The van der Waals surface area contributed by atoms with E-state index in [4.69, 9.17) is 9.47 Å². The number of rotatable bonds is 8. The number of benzene rings is 2. The number of carbonyl (C=O) groups is 4. The predicted octanol–water partition coefficient (Wildman–Crippen LogP) is 4.23. The molecule has 11 heteroatoms. The molecule has 1 aromatic heterocycles. The minimum atomic E-state index is -0.716. The van der Waals surface area contributed by atoms with E-state index in [1.807, 2.05) is 30.3 Å². The van der Waals surface area contributed by atoms with Gasteiger partial charge in [0.25, 0.3) is 5.91 Å². The van der Waals surface area contributed by atoms with Crippen molar-refractivity contribution in [1.82, 2.24) is 15.2 Å². The molecule has 5 rings (SSSR count). The summed E-state index contributed by atoms with van der Waals surface area (Å²) in [5.74, 6) is -1.15. The lowest BCUT2D eigenvalue weighted by Crippen LogP contribution is -2.43. The number of esters is 1. The van der Waals surface area contributed by atoms with Gasteiger partial charge < -0.3 is 20.1 Å². The highest BCUT2D eigenvalue weighted by Crippen LogP contribution is 2.33. The van der Waals surface area contributed by atoms with E-state index >= 15 is 0 Å². The number of methoxy groups -OCH3 is 1. The fraction of sp³-hybridized carbons (Fsp3) is 0.321. The van der Waals surface area contributed by atoms with Crippen LogP contribution < -0.4 is 10.6 Å². The summed E-state index contributed by atoms with van der Waals surface area (Å²) in [6.07, 6.45) is 2.58. The van der Waals surface area contributed by atoms with Gasteiger partial charge in [0.2, 0.25) is 5.91 Å². The summed E-state index contributed by atoms with van der Waals surface area (Å²) >= 11 is 0.987. The quantitative estimate of drug-likeness (QED) is 0.404. The third-order valence-corrected chi connectivity index (χ3v) is 7.51. The van der Waals surface area contributed by atoms with Gasteiger partial charge in [-0.3, -0.25) is 14.5 Å². The van der Waals surface area contributed by atoms with Crippen LogP contribution in [-0.2, 0) is 20.9 Å². The second-order valence-corrected chi connectivity index (χ2v) is 10.4. The van der Waals surface area contributed by atoms with Crippen LogP contribution in [0.5, 0.6) is 0 Å². The average molecular weight is 549 g/mol. The number of ether oxygens (including phenoxy) is 2. The summed E-state index contributed by atoms with van der Waals surface area (Å²) in [5.41, 5.74) is 2.30. The van der Waals surface area contributed by atoms with Gasteiger partial charge in [-0.25, -0.2) is 14.6 Å². The minimum Gasteiger partial charge on any atom is -0.465 e. The van der Waals surface area contributed by atoms with Gasteiger partial charge in [-0.15, -0.1) is 0 Å². The maximum absolute atomic E-state index is 13.2. The Morgan fingerprint density at radius 1 is 1.03 bits per heavy atom. The third-order valence-electron chi connectivity index (χ3n) is 6.56. The maximum atomic E-state index is 13.2. The molecule has 0 spiro atoms. The number of nitrogens with zero attached hydrogens (tertiary/aromatic N) is 2. The molecule has 1 aliphatic heterocycles. The van der Waals surface area contributed by atoms with Gasteiger partial charge in [0.15, 0.2) is 5.13 Å². The summed E-state index contributed by atoms with van der Waals surface area (Å²) in [6.45, 7) is 0.521. The Morgan fingerprint density at radius 3 is 2.46 bits per heavy atom. The molecule has 3 aromatic rings. The molecular formula is C28H28N4O6S. The summed E-state index contributed by atoms with van der Waals surface area (Å²) in [6, 6.07) is 15.6. The summed E-state index contributed by atoms with van der Waals surface area (Å²) in [5, 5.41) is 5.90. The number of thiazole rings is 1. The first-order valence-corrected chi connectivity index (χ1v) is 13.5. The van der Waals surface area contributed by atoms with Crippen LogP contribution in [0.2, 0.25) is 0 Å². The van der Waals surface area contributed by atoms with Crippen LogP contribution in [-0.4, -0.2) is 59.5 Å². The van der Waals surface area contributed by atoms with E-state index in [1.165, 1.54) is 12.0 Å². The van der Waals surface area contributed by atoms with Gasteiger partial charge in [0, 0.05) is 23.7 Å². The molecule has 1 saturated heterocycles. The highest BCUT2D eigenvalue weighted by atomic mass is 32.1. The minimum absolute atomic E-state index is 0.115. The third kappa shape index (κ3) is 6.26. The number of hydrogen-bond donors (Lipinski definition) is 2. The second kappa shape index (κ2) is 11.6. The number of likely N-dealkylation sites (tertiary alicyclic amines) is 1. The van der Waals surface area contributed by atoms with Gasteiger partial charge >= 0.3 is 12.1 Å².